The Hall–Kier alpha value is -2.35. The summed E-state index contributed by atoms with van der Waals surface area (Å²) in [5.74, 6) is -0.0608. The summed E-state index contributed by atoms with van der Waals surface area (Å²) >= 11 is 3.41. The molecule has 0 atom stereocenters. The third kappa shape index (κ3) is 3.75. The molecular weight excluding hydrogens is 400 g/mol. The van der Waals surface area contributed by atoms with Crippen molar-refractivity contribution in [2.45, 2.75) is 13.8 Å². The first-order chi connectivity index (χ1) is 12.5. The van der Waals surface area contributed by atoms with Crippen LogP contribution < -0.4 is 0 Å². The number of nitrogens with zero attached hydrogens (tertiary/aromatic N) is 4. The van der Waals surface area contributed by atoms with Crippen molar-refractivity contribution in [2.24, 2.45) is 0 Å². The minimum atomic E-state index is -0.321. The number of rotatable bonds is 3. The molecule has 26 heavy (non-hydrogen) atoms. The van der Waals surface area contributed by atoms with Crippen LogP contribution in [0.3, 0.4) is 0 Å². The molecule has 1 fully saturated rings. The number of ether oxygens (including phenoxy) is 1. The Morgan fingerprint density at radius 1 is 1.12 bits per heavy atom. The van der Waals surface area contributed by atoms with E-state index in [1.807, 2.05) is 31.2 Å². The summed E-state index contributed by atoms with van der Waals surface area (Å²) in [6.07, 6.45) is 1.29. The molecule has 0 saturated carbocycles. The SMILES string of the molecule is CCOC(=O)N1CCN(C(=O)c2cnn(-c3ccc(Br)cc3)c2C)CC1. The maximum Gasteiger partial charge on any atom is 0.409 e. The first-order valence-corrected chi connectivity index (χ1v) is 9.32. The first kappa shape index (κ1) is 18.4. The normalized spacial score (nSPS) is 14.4. The van der Waals surface area contributed by atoms with Gasteiger partial charge in [0.15, 0.2) is 0 Å². The smallest absolute Gasteiger partial charge is 0.409 e. The van der Waals surface area contributed by atoms with Crippen LogP contribution in [0.4, 0.5) is 4.79 Å². The van der Waals surface area contributed by atoms with E-state index < -0.39 is 0 Å². The summed E-state index contributed by atoms with van der Waals surface area (Å²) in [6, 6.07) is 7.76. The molecule has 7 nitrogen and oxygen atoms in total. The van der Waals surface area contributed by atoms with Gasteiger partial charge < -0.3 is 14.5 Å². The van der Waals surface area contributed by atoms with Crippen molar-refractivity contribution in [3.8, 4) is 5.69 Å². The summed E-state index contributed by atoms with van der Waals surface area (Å²) in [5, 5.41) is 4.37. The van der Waals surface area contributed by atoms with Gasteiger partial charge in [-0.15, -0.1) is 0 Å². The van der Waals surface area contributed by atoms with E-state index in [0.29, 0.717) is 38.3 Å². The molecule has 0 unspecified atom stereocenters. The maximum absolute atomic E-state index is 12.9. The van der Waals surface area contributed by atoms with E-state index in [2.05, 4.69) is 21.0 Å². The molecule has 0 N–H and O–H groups in total. The lowest BCUT2D eigenvalue weighted by atomic mass is 10.2. The molecule has 8 heteroatoms. The topological polar surface area (TPSA) is 67.7 Å². The zero-order valence-corrected chi connectivity index (χ0v) is 16.4. The maximum atomic E-state index is 12.9. The number of aromatic nitrogens is 2. The molecule has 3 rings (SSSR count). The van der Waals surface area contributed by atoms with Crippen LogP contribution in [0.1, 0.15) is 23.0 Å². The molecule has 2 amide bonds. The second kappa shape index (κ2) is 7.90. The molecule has 1 aromatic carbocycles. The number of amides is 2. The van der Waals surface area contributed by atoms with Crippen LogP contribution in [0, 0.1) is 6.92 Å². The van der Waals surface area contributed by atoms with Gasteiger partial charge in [-0.1, -0.05) is 15.9 Å². The molecule has 0 bridgehead atoms. The lowest BCUT2D eigenvalue weighted by Gasteiger charge is -2.34. The molecule has 1 aliphatic heterocycles. The summed E-state index contributed by atoms with van der Waals surface area (Å²) in [5.41, 5.74) is 2.28. The second-order valence-electron chi connectivity index (χ2n) is 6.01. The van der Waals surface area contributed by atoms with E-state index in [1.165, 1.54) is 0 Å². The molecule has 2 aromatic rings. The van der Waals surface area contributed by atoms with Gasteiger partial charge in [0.05, 0.1) is 29.7 Å². The molecule has 0 aliphatic carbocycles. The fraction of sp³-hybridized carbons (Fsp3) is 0.389. The second-order valence-corrected chi connectivity index (χ2v) is 6.93. The molecule has 0 radical (unpaired) electrons. The quantitative estimate of drug-likeness (QED) is 0.765. The summed E-state index contributed by atoms with van der Waals surface area (Å²) < 4.78 is 7.75. The van der Waals surface area contributed by atoms with Gasteiger partial charge >= 0.3 is 6.09 Å². The molecule has 2 heterocycles. The van der Waals surface area contributed by atoms with Gasteiger partial charge in [-0.25, -0.2) is 9.48 Å². The Balaban J connectivity index is 1.70. The molecule has 138 valence electrons. The Morgan fingerprint density at radius 3 is 2.35 bits per heavy atom. The predicted octanol–water partition coefficient (Wildman–Crippen LogP) is 2.86. The largest absolute Gasteiger partial charge is 0.450 e. The van der Waals surface area contributed by atoms with Crippen molar-refractivity contribution in [3.63, 3.8) is 0 Å². The molecule has 0 spiro atoms. The summed E-state index contributed by atoms with van der Waals surface area (Å²) in [4.78, 5) is 28.0. The lowest BCUT2D eigenvalue weighted by molar-refractivity contribution is 0.0570. The minimum absolute atomic E-state index is 0.0608. The van der Waals surface area contributed by atoms with E-state index in [4.69, 9.17) is 4.74 Å². The summed E-state index contributed by atoms with van der Waals surface area (Å²) in [7, 11) is 0. The first-order valence-electron chi connectivity index (χ1n) is 8.52. The zero-order chi connectivity index (χ0) is 18.7. The van der Waals surface area contributed by atoms with Gasteiger partial charge in [-0.2, -0.15) is 5.10 Å². The Labute approximate surface area is 160 Å². The van der Waals surface area contributed by atoms with Crippen LogP contribution in [0.2, 0.25) is 0 Å². The van der Waals surface area contributed by atoms with E-state index in [-0.39, 0.29) is 12.0 Å². The third-order valence-electron chi connectivity index (χ3n) is 4.40. The Bertz CT molecular complexity index is 795. The highest BCUT2D eigenvalue weighted by molar-refractivity contribution is 9.10. The van der Waals surface area contributed by atoms with Crippen LogP contribution in [-0.2, 0) is 4.74 Å². The van der Waals surface area contributed by atoms with Crippen molar-refractivity contribution < 1.29 is 14.3 Å². The van der Waals surface area contributed by atoms with Crippen molar-refractivity contribution in [1.82, 2.24) is 19.6 Å². The van der Waals surface area contributed by atoms with Gasteiger partial charge in [-0.05, 0) is 38.1 Å². The number of piperazine rings is 1. The standard InChI is InChI=1S/C18H21BrN4O3/c1-3-26-18(25)22-10-8-21(9-11-22)17(24)16-12-20-23(13(16)2)15-6-4-14(19)5-7-15/h4-7,12H,3,8-11H2,1-2H3. The van der Waals surface area contributed by atoms with Crippen molar-refractivity contribution in [1.29, 1.82) is 0 Å². The Morgan fingerprint density at radius 2 is 1.73 bits per heavy atom. The number of hydrogen-bond acceptors (Lipinski definition) is 4. The van der Waals surface area contributed by atoms with Gasteiger partial charge in [0.1, 0.15) is 0 Å². The van der Waals surface area contributed by atoms with Crippen molar-refractivity contribution in [3.05, 3.63) is 46.2 Å². The van der Waals surface area contributed by atoms with Gasteiger partial charge in [0, 0.05) is 30.7 Å². The highest BCUT2D eigenvalue weighted by Crippen LogP contribution is 2.19. The Kier molecular flexibility index (Phi) is 5.61. The van der Waals surface area contributed by atoms with Crippen LogP contribution >= 0.6 is 15.9 Å². The molecule has 1 saturated heterocycles. The lowest BCUT2D eigenvalue weighted by Crippen LogP contribution is -2.50. The van der Waals surface area contributed by atoms with Gasteiger partial charge in [-0.3, -0.25) is 4.79 Å². The number of benzene rings is 1. The monoisotopic (exact) mass is 420 g/mol. The van der Waals surface area contributed by atoms with E-state index >= 15 is 0 Å². The van der Waals surface area contributed by atoms with Gasteiger partial charge in [0.25, 0.3) is 5.91 Å². The average molecular weight is 421 g/mol. The average Bonchev–Trinajstić information content (AvgIpc) is 3.03. The summed E-state index contributed by atoms with van der Waals surface area (Å²) in [6.45, 7) is 5.95. The molecule has 1 aliphatic rings. The number of halogens is 1. The molecule has 1 aromatic heterocycles. The fourth-order valence-corrected chi connectivity index (χ4v) is 3.20. The number of hydrogen-bond donors (Lipinski definition) is 0. The van der Waals surface area contributed by atoms with E-state index in [9.17, 15) is 9.59 Å². The highest BCUT2D eigenvalue weighted by atomic mass is 79.9. The zero-order valence-electron chi connectivity index (χ0n) is 14.8. The van der Waals surface area contributed by atoms with Crippen LogP contribution in [0.25, 0.3) is 5.69 Å². The van der Waals surface area contributed by atoms with Crippen molar-refractivity contribution in [2.75, 3.05) is 32.8 Å². The number of carbonyl (C=O) groups excluding carboxylic acids is 2. The fourth-order valence-electron chi connectivity index (χ4n) is 2.94. The third-order valence-corrected chi connectivity index (χ3v) is 4.93. The minimum Gasteiger partial charge on any atom is -0.450 e. The number of carbonyl (C=O) groups is 2. The van der Waals surface area contributed by atoms with E-state index in [0.717, 1.165) is 15.9 Å². The van der Waals surface area contributed by atoms with Crippen LogP contribution in [0.5, 0.6) is 0 Å². The van der Waals surface area contributed by atoms with Crippen LogP contribution in [-0.4, -0.2) is 64.4 Å². The molecular formula is C18H21BrN4O3. The van der Waals surface area contributed by atoms with E-state index in [1.54, 1.807) is 27.6 Å². The van der Waals surface area contributed by atoms with Crippen LogP contribution in [0.15, 0.2) is 34.9 Å². The van der Waals surface area contributed by atoms with Gasteiger partial charge in [0.2, 0.25) is 0 Å². The predicted molar refractivity (Wildman–Crippen MR) is 100 cm³/mol. The highest BCUT2D eigenvalue weighted by Gasteiger charge is 2.27. The van der Waals surface area contributed by atoms with Crippen molar-refractivity contribution >= 4 is 27.9 Å².